The fourth-order valence-electron chi connectivity index (χ4n) is 1.31. The number of rotatable bonds is 3. The molecule has 0 aliphatic rings. The minimum atomic E-state index is -0.663. The molecule has 0 bridgehead atoms. The van der Waals surface area contributed by atoms with Gasteiger partial charge in [0.05, 0.1) is 12.2 Å². The Morgan fingerprint density at radius 1 is 1.53 bits per heavy atom. The summed E-state index contributed by atoms with van der Waals surface area (Å²) >= 11 is 0. The van der Waals surface area contributed by atoms with Crippen LogP contribution in [-0.2, 0) is 11.3 Å². The van der Waals surface area contributed by atoms with E-state index in [1.165, 1.54) is 12.1 Å². The van der Waals surface area contributed by atoms with E-state index >= 15 is 0 Å². The quantitative estimate of drug-likeness (QED) is 0.377. The highest BCUT2D eigenvalue weighted by molar-refractivity contribution is 5.87. The average molecular weight is 264 g/mol. The van der Waals surface area contributed by atoms with Crippen molar-refractivity contribution in [3.63, 3.8) is 0 Å². The topological polar surface area (TPSA) is 107 Å². The number of carbonyl (C=O) groups is 1. The van der Waals surface area contributed by atoms with E-state index in [-0.39, 0.29) is 18.0 Å². The summed E-state index contributed by atoms with van der Waals surface area (Å²) in [5.74, 6) is -0.0875. The van der Waals surface area contributed by atoms with Gasteiger partial charge in [-0.1, -0.05) is 11.2 Å². The minimum absolute atomic E-state index is 0.0875. The van der Waals surface area contributed by atoms with E-state index in [0.717, 1.165) is 0 Å². The summed E-state index contributed by atoms with van der Waals surface area (Å²) < 4.78 is 5.07. The van der Waals surface area contributed by atoms with Crippen LogP contribution in [-0.4, -0.2) is 16.8 Å². The van der Waals surface area contributed by atoms with Gasteiger partial charge in [-0.3, -0.25) is 5.32 Å². The Kier molecular flexibility index (Phi) is 4.61. The van der Waals surface area contributed by atoms with Crippen LogP contribution in [0, 0.1) is 0 Å². The van der Waals surface area contributed by atoms with E-state index in [9.17, 15) is 9.90 Å². The van der Waals surface area contributed by atoms with Crippen molar-refractivity contribution in [1.29, 1.82) is 0 Å². The van der Waals surface area contributed by atoms with Gasteiger partial charge in [-0.25, -0.2) is 4.79 Å². The standard InChI is InChI=1S/C12H16N4O3/c1-12(2,3)19-11(18)15-9-6-8(7-14-16-13)4-5-10(9)17/h4-6,17H,7H2,1-3H3,(H,15,18). The molecule has 0 heterocycles. The molecule has 0 fully saturated rings. The molecule has 2 N–H and O–H groups in total. The van der Waals surface area contributed by atoms with E-state index in [0.29, 0.717) is 5.56 Å². The first kappa shape index (κ1) is 14.7. The minimum Gasteiger partial charge on any atom is -0.506 e. The third-order valence-electron chi connectivity index (χ3n) is 2.01. The van der Waals surface area contributed by atoms with Crippen LogP contribution >= 0.6 is 0 Å². The number of ether oxygens (including phenoxy) is 1. The predicted octanol–water partition coefficient (Wildman–Crippen LogP) is 3.55. The number of hydrogen-bond acceptors (Lipinski definition) is 4. The second kappa shape index (κ2) is 5.97. The first-order valence-corrected chi connectivity index (χ1v) is 5.64. The van der Waals surface area contributed by atoms with Crippen molar-refractivity contribution in [2.24, 2.45) is 5.11 Å². The summed E-state index contributed by atoms with van der Waals surface area (Å²) in [6, 6.07) is 4.53. The van der Waals surface area contributed by atoms with Gasteiger partial charge in [-0.2, -0.15) is 0 Å². The van der Waals surface area contributed by atoms with Crippen LogP contribution < -0.4 is 5.32 Å². The number of benzene rings is 1. The van der Waals surface area contributed by atoms with E-state index in [1.807, 2.05) is 0 Å². The Labute approximate surface area is 110 Å². The highest BCUT2D eigenvalue weighted by Gasteiger charge is 2.17. The summed E-state index contributed by atoms with van der Waals surface area (Å²) in [6.45, 7) is 5.36. The number of azide groups is 1. The van der Waals surface area contributed by atoms with Gasteiger partial charge < -0.3 is 9.84 Å². The Morgan fingerprint density at radius 2 is 2.21 bits per heavy atom. The first-order valence-electron chi connectivity index (χ1n) is 5.64. The number of hydrogen-bond donors (Lipinski definition) is 2. The molecule has 19 heavy (non-hydrogen) atoms. The molecule has 0 atom stereocenters. The number of phenols is 1. The van der Waals surface area contributed by atoms with Crippen LogP contribution in [0.15, 0.2) is 23.3 Å². The number of amides is 1. The van der Waals surface area contributed by atoms with Crippen molar-refractivity contribution in [1.82, 2.24) is 0 Å². The molecule has 0 saturated heterocycles. The highest BCUT2D eigenvalue weighted by Crippen LogP contribution is 2.25. The van der Waals surface area contributed by atoms with E-state index < -0.39 is 11.7 Å². The van der Waals surface area contributed by atoms with Crippen LogP contribution in [0.4, 0.5) is 10.5 Å². The Bertz CT molecular complexity index is 516. The van der Waals surface area contributed by atoms with Gasteiger partial charge in [0.25, 0.3) is 0 Å². The number of carbonyl (C=O) groups excluding carboxylic acids is 1. The molecule has 0 spiro atoms. The fraction of sp³-hybridized carbons (Fsp3) is 0.417. The van der Waals surface area contributed by atoms with Crippen LogP contribution in [0.1, 0.15) is 26.3 Å². The highest BCUT2D eigenvalue weighted by atomic mass is 16.6. The number of anilines is 1. The van der Waals surface area contributed by atoms with Gasteiger partial charge in [0.1, 0.15) is 11.4 Å². The maximum atomic E-state index is 11.6. The second-order valence-corrected chi connectivity index (χ2v) is 4.87. The third-order valence-corrected chi connectivity index (χ3v) is 2.01. The average Bonchev–Trinajstić information content (AvgIpc) is 2.27. The number of nitrogens with zero attached hydrogens (tertiary/aromatic N) is 3. The molecule has 1 aromatic carbocycles. The Hall–Kier alpha value is -2.40. The zero-order chi connectivity index (χ0) is 14.5. The van der Waals surface area contributed by atoms with Crippen molar-refractivity contribution in [2.75, 3.05) is 5.32 Å². The fourth-order valence-corrected chi connectivity index (χ4v) is 1.31. The lowest BCUT2D eigenvalue weighted by molar-refractivity contribution is 0.0635. The molecule has 1 rings (SSSR count). The van der Waals surface area contributed by atoms with Crippen molar-refractivity contribution in [3.05, 3.63) is 34.2 Å². The van der Waals surface area contributed by atoms with Crippen molar-refractivity contribution in [3.8, 4) is 5.75 Å². The third kappa shape index (κ3) is 5.18. The summed E-state index contributed by atoms with van der Waals surface area (Å²) in [4.78, 5) is 14.2. The number of phenolic OH excluding ortho intramolecular Hbond substituents is 1. The zero-order valence-electron chi connectivity index (χ0n) is 11.0. The molecule has 0 aliphatic heterocycles. The lowest BCUT2D eigenvalue weighted by Crippen LogP contribution is -2.27. The molecule has 7 heteroatoms. The van der Waals surface area contributed by atoms with Gasteiger partial charge in [0.2, 0.25) is 0 Å². The molecular weight excluding hydrogens is 248 g/mol. The maximum Gasteiger partial charge on any atom is 0.412 e. The van der Waals surface area contributed by atoms with Crippen LogP contribution in [0.3, 0.4) is 0 Å². The summed E-state index contributed by atoms with van der Waals surface area (Å²) in [5.41, 5.74) is 8.50. The van der Waals surface area contributed by atoms with Gasteiger partial charge in [-0.05, 0) is 44.0 Å². The molecule has 1 aromatic rings. The van der Waals surface area contributed by atoms with Gasteiger partial charge >= 0.3 is 6.09 Å². The van der Waals surface area contributed by atoms with Crippen molar-refractivity contribution < 1.29 is 14.6 Å². The smallest absolute Gasteiger partial charge is 0.412 e. The van der Waals surface area contributed by atoms with Crippen molar-refractivity contribution in [2.45, 2.75) is 32.9 Å². The maximum absolute atomic E-state index is 11.6. The van der Waals surface area contributed by atoms with E-state index in [1.54, 1.807) is 26.8 Å². The second-order valence-electron chi connectivity index (χ2n) is 4.87. The lowest BCUT2D eigenvalue weighted by Gasteiger charge is -2.20. The van der Waals surface area contributed by atoms with Crippen molar-refractivity contribution >= 4 is 11.8 Å². The van der Waals surface area contributed by atoms with E-state index in [2.05, 4.69) is 15.3 Å². The van der Waals surface area contributed by atoms with Crippen LogP contribution in [0.5, 0.6) is 5.75 Å². The largest absolute Gasteiger partial charge is 0.506 e. The molecule has 0 radical (unpaired) electrons. The first-order chi connectivity index (χ1) is 8.81. The zero-order valence-corrected chi connectivity index (χ0v) is 11.0. The van der Waals surface area contributed by atoms with Gasteiger partial charge in [-0.15, -0.1) is 0 Å². The molecular formula is C12H16N4O3. The lowest BCUT2D eigenvalue weighted by atomic mass is 10.2. The Morgan fingerprint density at radius 3 is 2.79 bits per heavy atom. The summed E-state index contributed by atoms with van der Waals surface area (Å²) in [6.07, 6.45) is -0.663. The monoisotopic (exact) mass is 264 g/mol. The normalized spacial score (nSPS) is 10.5. The molecule has 0 aromatic heterocycles. The SMILES string of the molecule is CC(C)(C)OC(=O)Nc1cc(CN=[N+]=[N-])ccc1O. The summed E-state index contributed by atoms with van der Waals surface area (Å²) in [7, 11) is 0. The van der Waals surface area contributed by atoms with Gasteiger partial charge in [0, 0.05) is 4.91 Å². The molecule has 7 nitrogen and oxygen atoms in total. The molecule has 0 aliphatic carbocycles. The predicted molar refractivity (Wildman–Crippen MR) is 70.8 cm³/mol. The summed E-state index contributed by atoms with van der Waals surface area (Å²) in [5, 5.41) is 15.5. The van der Waals surface area contributed by atoms with Gasteiger partial charge in [0.15, 0.2) is 0 Å². The Balaban J connectivity index is 2.82. The number of aromatic hydroxyl groups is 1. The van der Waals surface area contributed by atoms with Crippen LogP contribution in [0.2, 0.25) is 0 Å². The number of nitrogens with one attached hydrogen (secondary N) is 1. The molecule has 102 valence electrons. The van der Waals surface area contributed by atoms with E-state index in [4.69, 9.17) is 10.3 Å². The molecule has 1 amide bonds. The molecule has 0 saturated carbocycles. The van der Waals surface area contributed by atoms with Crippen LogP contribution in [0.25, 0.3) is 10.4 Å². The molecule has 0 unspecified atom stereocenters.